The fraction of sp³-hybridized carbons (Fsp3) is 0.714. The largest absolute Gasteiger partial charge is 0.309 e. The molecule has 1 nitrogen and oxygen atoms in total. The van der Waals surface area contributed by atoms with Gasteiger partial charge in [0.15, 0.2) is 0 Å². The number of hydrogen-bond donors (Lipinski definition) is 1. The molecule has 0 bridgehead atoms. The van der Waals surface area contributed by atoms with Crippen LogP contribution in [0.5, 0.6) is 0 Å². The van der Waals surface area contributed by atoms with E-state index in [9.17, 15) is 0 Å². The molecule has 0 spiro atoms. The van der Waals surface area contributed by atoms with Crippen LogP contribution < -0.4 is 5.32 Å². The molecule has 0 aliphatic rings. The Labute approximate surface area is 104 Å². The van der Waals surface area contributed by atoms with Gasteiger partial charge in [-0.25, -0.2) is 0 Å². The number of unbranched alkanes of at least 4 members (excludes halogenated alkanes) is 1. The molecule has 0 aliphatic heterocycles. The smallest absolute Gasteiger partial charge is 0.0386 e. The van der Waals surface area contributed by atoms with Gasteiger partial charge in [-0.2, -0.15) is 0 Å². The summed E-state index contributed by atoms with van der Waals surface area (Å²) in [5.74, 6) is 0.849. The van der Waals surface area contributed by atoms with Crippen molar-refractivity contribution in [3.8, 4) is 0 Å². The zero-order valence-corrected chi connectivity index (χ0v) is 11.6. The average molecular weight is 239 g/mol. The molecule has 1 rings (SSSR count). The van der Waals surface area contributed by atoms with Crippen LogP contribution in [0.1, 0.15) is 57.4 Å². The summed E-state index contributed by atoms with van der Waals surface area (Å²) in [6, 6.07) is 4.86. The fourth-order valence-corrected chi connectivity index (χ4v) is 2.68. The van der Waals surface area contributed by atoms with Gasteiger partial charge in [-0.3, -0.25) is 0 Å². The van der Waals surface area contributed by atoms with E-state index in [0.29, 0.717) is 6.04 Å². The standard InChI is InChI=1S/C14H25NS/c1-4-6-8-13(5-2)11-15-12(3)14-9-7-10-16-14/h7,9-10,12-13,15H,4-6,8,11H2,1-3H3/t12-,13?/m1/s1. The Kier molecular flexibility index (Phi) is 6.74. The third-order valence-corrected chi connectivity index (χ3v) is 4.28. The summed E-state index contributed by atoms with van der Waals surface area (Å²) in [6.45, 7) is 8.00. The van der Waals surface area contributed by atoms with Gasteiger partial charge in [-0.1, -0.05) is 39.2 Å². The van der Waals surface area contributed by atoms with Crippen LogP contribution in [0.4, 0.5) is 0 Å². The topological polar surface area (TPSA) is 12.0 Å². The molecule has 0 fully saturated rings. The quantitative estimate of drug-likeness (QED) is 0.698. The zero-order chi connectivity index (χ0) is 11.8. The molecular weight excluding hydrogens is 214 g/mol. The predicted molar refractivity (Wildman–Crippen MR) is 74.0 cm³/mol. The van der Waals surface area contributed by atoms with E-state index in [4.69, 9.17) is 0 Å². The third-order valence-electron chi connectivity index (χ3n) is 3.23. The van der Waals surface area contributed by atoms with Crippen molar-refractivity contribution in [1.82, 2.24) is 5.32 Å². The van der Waals surface area contributed by atoms with E-state index in [-0.39, 0.29) is 0 Å². The Morgan fingerprint density at radius 1 is 1.38 bits per heavy atom. The molecule has 1 aromatic heterocycles. The summed E-state index contributed by atoms with van der Waals surface area (Å²) in [6.07, 6.45) is 5.35. The lowest BCUT2D eigenvalue weighted by Crippen LogP contribution is -2.25. The van der Waals surface area contributed by atoms with Gasteiger partial charge < -0.3 is 5.32 Å². The first kappa shape index (κ1) is 13.7. The minimum Gasteiger partial charge on any atom is -0.309 e. The van der Waals surface area contributed by atoms with E-state index in [0.717, 1.165) is 12.5 Å². The minimum absolute atomic E-state index is 0.510. The lowest BCUT2D eigenvalue weighted by atomic mass is 9.99. The van der Waals surface area contributed by atoms with Crippen LogP contribution in [0.2, 0.25) is 0 Å². The van der Waals surface area contributed by atoms with Gasteiger partial charge >= 0.3 is 0 Å². The second-order valence-corrected chi connectivity index (χ2v) is 5.54. The molecule has 0 aliphatic carbocycles. The summed E-state index contributed by atoms with van der Waals surface area (Å²) in [4.78, 5) is 1.45. The molecule has 2 atom stereocenters. The molecule has 1 aromatic rings. The first-order chi connectivity index (χ1) is 7.77. The lowest BCUT2D eigenvalue weighted by Gasteiger charge is -2.18. The highest BCUT2D eigenvalue weighted by molar-refractivity contribution is 7.10. The van der Waals surface area contributed by atoms with Crippen molar-refractivity contribution >= 4 is 11.3 Å². The van der Waals surface area contributed by atoms with Crippen LogP contribution in [0.15, 0.2) is 17.5 Å². The van der Waals surface area contributed by atoms with Gasteiger partial charge in [-0.15, -0.1) is 11.3 Å². The molecule has 0 amide bonds. The molecule has 0 radical (unpaired) electrons. The number of thiophene rings is 1. The summed E-state index contributed by atoms with van der Waals surface area (Å²) < 4.78 is 0. The highest BCUT2D eigenvalue weighted by Gasteiger charge is 2.09. The molecule has 0 saturated heterocycles. The Morgan fingerprint density at radius 3 is 2.75 bits per heavy atom. The molecular formula is C14H25NS. The fourth-order valence-electron chi connectivity index (χ4n) is 1.93. The first-order valence-electron chi connectivity index (χ1n) is 6.54. The van der Waals surface area contributed by atoms with E-state index in [1.807, 2.05) is 11.3 Å². The van der Waals surface area contributed by atoms with Crippen LogP contribution in [0, 0.1) is 5.92 Å². The number of hydrogen-bond acceptors (Lipinski definition) is 2. The number of nitrogens with one attached hydrogen (secondary N) is 1. The van der Waals surface area contributed by atoms with Crippen LogP contribution in [-0.4, -0.2) is 6.54 Å². The molecule has 92 valence electrons. The van der Waals surface area contributed by atoms with Gasteiger partial charge in [0.05, 0.1) is 0 Å². The van der Waals surface area contributed by atoms with Gasteiger partial charge in [0.25, 0.3) is 0 Å². The lowest BCUT2D eigenvalue weighted by molar-refractivity contribution is 0.400. The third kappa shape index (κ3) is 4.67. The van der Waals surface area contributed by atoms with Gasteiger partial charge in [0.2, 0.25) is 0 Å². The monoisotopic (exact) mass is 239 g/mol. The second-order valence-electron chi connectivity index (χ2n) is 4.56. The van der Waals surface area contributed by atoms with Gasteiger partial charge in [-0.05, 0) is 37.3 Å². The van der Waals surface area contributed by atoms with E-state index < -0.39 is 0 Å². The maximum absolute atomic E-state index is 3.66. The first-order valence-corrected chi connectivity index (χ1v) is 7.42. The minimum atomic E-state index is 0.510. The summed E-state index contributed by atoms with van der Waals surface area (Å²) in [5, 5.41) is 5.81. The number of rotatable bonds is 8. The van der Waals surface area contributed by atoms with Crippen molar-refractivity contribution in [2.75, 3.05) is 6.54 Å². The highest BCUT2D eigenvalue weighted by atomic mass is 32.1. The summed E-state index contributed by atoms with van der Waals surface area (Å²) in [5.41, 5.74) is 0. The van der Waals surface area contributed by atoms with Crippen LogP contribution in [0.25, 0.3) is 0 Å². The highest BCUT2D eigenvalue weighted by Crippen LogP contribution is 2.19. The second kappa shape index (κ2) is 7.86. The zero-order valence-electron chi connectivity index (χ0n) is 10.8. The van der Waals surface area contributed by atoms with Crippen molar-refractivity contribution in [3.05, 3.63) is 22.4 Å². The van der Waals surface area contributed by atoms with Crippen LogP contribution in [0.3, 0.4) is 0 Å². The van der Waals surface area contributed by atoms with Crippen LogP contribution in [-0.2, 0) is 0 Å². The van der Waals surface area contributed by atoms with E-state index in [1.54, 1.807) is 0 Å². The van der Waals surface area contributed by atoms with Crippen LogP contribution >= 0.6 is 11.3 Å². The summed E-state index contributed by atoms with van der Waals surface area (Å²) in [7, 11) is 0. The molecule has 16 heavy (non-hydrogen) atoms. The Bertz CT molecular complexity index is 256. The van der Waals surface area contributed by atoms with E-state index >= 15 is 0 Å². The Balaban J connectivity index is 2.26. The van der Waals surface area contributed by atoms with Gasteiger partial charge in [0, 0.05) is 10.9 Å². The molecule has 0 saturated carbocycles. The summed E-state index contributed by atoms with van der Waals surface area (Å²) >= 11 is 1.85. The molecule has 2 heteroatoms. The van der Waals surface area contributed by atoms with Crippen molar-refractivity contribution in [1.29, 1.82) is 0 Å². The molecule has 0 aromatic carbocycles. The molecule has 1 unspecified atom stereocenters. The van der Waals surface area contributed by atoms with Crippen molar-refractivity contribution in [2.45, 2.75) is 52.5 Å². The Hall–Kier alpha value is -0.340. The molecule has 1 heterocycles. The van der Waals surface area contributed by atoms with Gasteiger partial charge in [0.1, 0.15) is 0 Å². The average Bonchev–Trinajstić information content (AvgIpc) is 2.82. The SMILES string of the molecule is CCCCC(CC)CN[C@H](C)c1cccs1. The predicted octanol–water partition coefficient (Wildman–Crippen LogP) is 4.62. The normalized spacial score (nSPS) is 14.9. The van der Waals surface area contributed by atoms with Crippen molar-refractivity contribution in [2.24, 2.45) is 5.92 Å². The van der Waals surface area contributed by atoms with Crippen molar-refractivity contribution in [3.63, 3.8) is 0 Å². The Morgan fingerprint density at radius 2 is 2.19 bits per heavy atom. The van der Waals surface area contributed by atoms with E-state index in [2.05, 4.69) is 43.6 Å². The molecule has 1 N–H and O–H groups in total. The maximum atomic E-state index is 3.66. The maximum Gasteiger partial charge on any atom is 0.0386 e. The van der Waals surface area contributed by atoms with E-state index in [1.165, 1.54) is 30.6 Å². The van der Waals surface area contributed by atoms with Crippen molar-refractivity contribution < 1.29 is 0 Å².